The second-order valence-corrected chi connectivity index (χ2v) is 4.36. The van der Waals surface area contributed by atoms with Crippen LogP contribution in [0.1, 0.15) is 20.8 Å². The van der Waals surface area contributed by atoms with Crippen molar-refractivity contribution in [2.45, 2.75) is 33.4 Å². The topological polar surface area (TPSA) is 67.2 Å². The SMILES string of the molecule is CC(C)Cn1ccnc(NC(C)CO)c1=O. The first-order chi connectivity index (χ1) is 7.54. The second kappa shape index (κ2) is 5.65. The monoisotopic (exact) mass is 225 g/mol. The fraction of sp³-hybridized carbons (Fsp3) is 0.636. The van der Waals surface area contributed by atoms with Gasteiger partial charge in [-0.2, -0.15) is 0 Å². The number of nitrogens with zero attached hydrogens (tertiary/aromatic N) is 2. The summed E-state index contributed by atoms with van der Waals surface area (Å²) in [5.74, 6) is 0.702. The smallest absolute Gasteiger partial charge is 0.293 e. The number of hydrogen-bond acceptors (Lipinski definition) is 4. The first-order valence-corrected chi connectivity index (χ1v) is 5.47. The van der Waals surface area contributed by atoms with E-state index in [-0.39, 0.29) is 18.2 Å². The van der Waals surface area contributed by atoms with Gasteiger partial charge >= 0.3 is 0 Å². The van der Waals surface area contributed by atoms with Crippen LogP contribution < -0.4 is 10.9 Å². The molecule has 90 valence electrons. The van der Waals surface area contributed by atoms with Crippen molar-refractivity contribution in [3.63, 3.8) is 0 Å². The molecular formula is C11H19N3O2. The minimum atomic E-state index is -0.171. The first-order valence-electron chi connectivity index (χ1n) is 5.47. The molecule has 1 rings (SSSR count). The van der Waals surface area contributed by atoms with Crippen LogP contribution >= 0.6 is 0 Å². The molecule has 16 heavy (non-hydrogen) atoms. The van der Waals surface area contributed by atoms with E-state index in [1.54, 1.807) is 23.9 Å². The van der Waals surface area contributed by atoms with Crippen molar-refractivity contribution in [2.75, 3.05) is 11.9 Å². The zero-order valence-electron chi connectivity index (χ0n) is 9.97. The Morgan fingerprint density at radius 2 is 2.19 bits per heavy atom. The summed E-state index contributed by atoms with van der Waals surface area (Å²) in [4.78, 5) is 15.9. The lowest BCUT2D eigenvalue weighted by atomic mass is 10.2. The van der Waals surface area contributed by atoms with Crippen molar-refractivity contribution in [1.82, 2.24) is 9.55 Å². The van der Waals surface area contributed by atoms with Crippen molar-refractivity contribution < 1.29 is 5.11 Å². The number of nitrogens with one attached hydrogen (secondary N) is 1. The number of aliphatic hydroxyl groups is 1. The van der Waals surface area contributed by atoms with Gasteiger partial charge in [-0.3, -0.25) is 4.79 Å². The third-order valence-corrected chi connectivity index (χ3v) is 2.13. The molecule has 1 aromatic heterocycles. The maximum Gasteiger partial charge on any atom is 0.293 e. The molecule has 5 nitrogen and oxygen atoms in total. The van der Waals surface area contributed by atoms with Gasteiger partial charge < -0.3 is 15.0 Å². The van der Waals surface area contributed by atoms with Gasteiger partial charge in [-0.1, -0.05) is 13.8 Å². The zero-order chi connectivity index (χ0) is 12.1. The summed E-state index contributed by atoms with van der Waals surface area (Å²) in [7, 11) is 0. The third-order valence-electron chi connectivity index (χ3n) is 2.13. The van der Waals surface area contributed by atoms with Gasteiger partial charge in [0.05, 0.1) is 6.61 Å². The third kappa shape index (κ3) is 3.34. The fourth-order valence-electron chi connectivity index (χ4n) is 1.36. The summed E-state index contributed by atoms with van der Waals surface area (Å²) >= 11 is 0. The number of rotatable bonds is 5. The Morgan fingerprint density at radius 1 is 1.50 bits per heavy atom. The van der Waals surface area contributed by atoms with Crippen LogP contribution in [0, 0.1) is 5.92 Å². The van der Waals surface area contributed by atoms with E-state index in [0.29, 0.717) is 18.3 Å². The maximum absolute atomic E-state index is 11.9. The highest BCUT2D eigenvalue weighted by Gasteiger charge is 2.08. The van der Waals surface area contributed by atoms with E-state index in [9.17, 15) is 4.79 Å². The van der Waals surface area contributed by atoms with Crippen molar-refractivity contribution in [3.8, 4) is 0 Å². The van der Waals surface area contributed by atoms with Crippen LogP contribution in [-0.4, -0.2) is 27.3 Å². The van der Waals surface area contributed by atoms with E-state index in [1.165, 1.54) is 0 Å². The van der Waals surface area contributed by atoms with Gasteiger partial charge in [0.2, 0.25) is 0 Å². The lowest BCUT2D eigenvalue weighted by molar-refractivity contribution is 0.281. The molecule has 0 aliphatic rings. The number of hydrogen-bond donors (Lipinski definition) is 2. The van der Waals surface area contributed by atoms with E-state index in [1.807, 2.05) is 0 Å². The highest BCUT2D eigenvalue weighted by atomic mass is 16.3. The Bertz CT molecular complexity index is 387. The number of anilines is 1. The highest BCUT2D eigenvalue weighted by molar-refractivity contribution is 5.31. The lowest BCUT2D eigenvalue weighted by Gasteiger charge is -2.13. The minimum Gasteiger partial charge on any atom is -0.394 e. The standard InChI is InChI=1S/C11H19N3O2/c1-8(2)6-14-5-4-12-10(11(14)16)13-9(3)7-15/h4-5,8-9,15H,6-7H2,1-3H3,(H,12,13). The Hall–Kier alpha value is -1.36. The van der Waals surface area contributed by atoms with Crippen LogP contribution in [0.3, 0.4) is 0 Å². The summed E-state index contributed by atoms with van der Waals surface area (Å²) < 4.78 is 1.63. The van der Waals surface area contributed by atoms with Crippen LogP contribution in [0.25, 0.3) is 0 Å². The number of aromatic nitrogens is 2. The molecule has 0 radical (unpaired) electrons. The average Bonchev–Trinajstić information content (AvgIpc) is 2.23. The molecule has 0 saturated heterocycles. The molecular weight excluding hydrogens is 206 g/mol. The zero-order valence-corrected chi connectivity index (χ0v) is 9.97. The Labute approximate surface area is 95.1 Å². The largest absolute Gasteiger partial charge is 0.394 e. The fourth-order valence-corrected chi connectivity index (χ4v) is 1.36. The van der Waals surface area contributed by atoms with Gasteiger partial charge in [0, 0.05) is 25.0 Å². The van der Waals surface area contributed by atoms with E-state index in [2.05, 4.69) is 24.1 Å². The molecule has 0 bridgehead atoms. The first kappa shape index (κ1) is 12.7. The van der Waals surface area contributed by atoms with Crippen LogP contribution in [0.4, 0.5) is 5.82 Å². The van der Waals surface area contributed by atoms with Crippen molar-refractivity contribution in [2.24, 2.45) is 5.92 Å². The molecule has 1 heterocycles. The van der Waals surface area contributed by atoms with E-state index in [4.69, 9.17) is 5.11 Å². The quantitative estimate of drug-likeness (QED) is 0.773. The maximum atomic E-state index is 11.9. The molecule has 0 amide bonds. The Balaban J connectivity index is 2.91. The van der Waals surface area contributed by atoms with Crippen LogP contribution in [0.15, 0.2) is 17.2 Å². The summed E-state index contributed by atoms with van der Waals surface area (Å²) in [6.45, 7) is 6.54. The van der Waals surface area contributed by atoms with E-state index < -0.39 is 0 Å². The minimum absolute atomic E-state index is 0.0276. The molecule has 0 saturated carbocycles. The van der Waals surface area contributed by atoms with Gasteiger partial charge in [-0.15, -0.1) is 0 Å². The normalized spacial score (nSPS) is 12.8. The molecule has 1 unspecified atom stereocenters. The summed E-state index contributed by atoms with van der Waals surface area (Å²) in [5.41, 5.74) is -0.142. The second-order valence-electron chi connectivity index (χ2n) is 4.36. The molecule has 0 fully saturated rings. The van der Waals surface area contributed by atoms with E-state index in [0.717, 1.165) is 0 Å². The number of aliphatic hydroxyl groups excluding tert-OH is 1. The molecule has 0 aliphatic heterocycles. The van der Waals surface area contributed by atoms with Crippen LogP contribution in [0.2, 0.25) is 0 Å². The molecule has 1 atom stereocenters. The van der Waals surface area contributed by atoms with Crippen molar-refractivity contribution in [3.05, 3.63) is 22.7 Å². The Morgan fingerprint density at radius 3 is 2.75 bits per heavy atom. The predicted molar refractivity (Wildman–Crippen MR) is 63.5 cm³/mol. The van der Waals surface area contributed by atoms with Crippen molar-refractivity contribution in [1.29, 1.82) is 0 Å². The molecule has 1 aromatic rings. The summed E-state index contributed by atoms with van der Waals surface area (Å²) in [6, 6.07) is -0.171. The summed E-state index contributed by atoms with van der Waals surface area (Å²) in [5, 5.41) is 11.8. The Kier molecular flexibility index (Phi) is 4.49. The molecule has 2 N–H and O–H groups in total. The van der Waals surface area contributed by atoms with Gasteiger partial charge in [0.15, 0.2) is 5.82 Å². The average molecular weight is 225 g/mol. The molecule has 5 heteroatoms. The lowest BCUT2D eigenvalue weighted by Crippen LogP contribution is -2.30. The molecule has 0 spiro atoms. The van der Waals surface area contributed by atoms with Gasteiger partial charge in [-0.25, -0.2) is 4.98 Å². The highest BCUT2D eigenvalue weighted by Crippen LogP contribution is 1.99. The van der Waals surface area contributed by atoms with E-state index >= 15 is 0 Å². The molecule has 0 aromatic carbocycles. The van der Waals surface area contributed by atoms with Gasteiger partial charge in [-0.05, 0) is 12.8 Å². The predicted octanol–water partition coefficient (Wildman–Crippen LogP) is 0.692. The molecule has 0 aliphatic carbocycles. The van der Waals surface area contributed by atoms with Crippen LogP contribution in [0.5, 0.6) is 0 Å². The van der Waals surface area contributed by atoms with Gasteiger partial charge in [0.1, 0.15) is 0 Å². The van der Waals surface area contributed by atoms with Crippen molar-refractivity contribution >= 4 is 5.82 Å². The summed E-state index contributed by atoms with van der Waals surface area (Å²) in [6.07, 6.45) is 3.27. The van der Waals surface area contributed by atoms with Gasteiger partial charge in [0.25, 0.3) is 5.56 Å². The van der Waals surface area contributed by atoms with Crippen LogP contribution in [-0.2, 0) is 6.54 Å².